The molecule has 0 fully saturated rings. The van der Waals surface area contributed by atoms with Crippen molar-refractivity contribution in [2.45, 2.75) is 18.6 Å². The summed E-state index contributed by atoms with van der Waals surface area (Å²) in [7, 11) is 0. The molecule has 6 nitrogen and oxygen atoms in total. The Labute approximate surface area is 171 Å². The zero-order valence-corrected chi connectivity index (χ0v) is 16.5. The number of carbonyl (C=O) groups excluding carboxylic acids is 2. The topological polar surface area (TPSA) is 79.8 Å². The number of benzene rings is 2. The van der Waals surface area contributed by atoms with Crippen LogP contribution in [-0.2, 0) is 11.3 Å². The fraction of sp³-hybridized carbons (Fsp3) is 0.136. The van der Waals surface area contributed by atoms with Crippen LogP contribution in [0.3, 0.4) is 0 Å². The summed E-state index contributed by atoms with van der Waals surface area (Å²) in [6.45, 7) is 2.78. The van der Waals surface area contributed by atoms with Crippen molar-refractivity contribution < 1.29 is 9.59 Å². The van der Waals surface area contributed by atoms with Crippen LogP contribution in [0.25, 0.3) is 22.2 Å². The quantitative estimate of drug-likeness (QED) is 0.395. The first-order chi connectivity index (χ1) is 14.1. The van der Waals surface area contributed by atoms with E-state index in [-0.39, 0.29) is 0 Å². The van der Waals surface area contributed by atoms with Crippen molar-refractivity contribution in [1.82, 2.24) is 14.5 Å². The molecule has 0 radical (unpaired) electrons. The minimum Gasteiger partial charge on any atom is -0.358 e. The SMILES string of the molecule is Cc1[nH]c2ccccc2c1C(=O)C(=O)Nc1ccc(-c2cn3c(n2)SCC3)cc1. The molecular weight excluding hydrogens is 384 g/mol. The first kappa shape index (κ1) is 17.8. The zero-order valence-electron chi connectivity index (χ0n) is 15.7. The summed E-state index contributed by atoms with van der Waals surface area (Å²) in [6, 6.07) is 14.9. The number of ketones is 1. The van der Waals surface area contributed by atoms with Gasteiger partial charge < -0.3 is 14.9 Å². The van der Waals surface area contributed by atoms with E-state index in [9.17, 15) is 9.59 Å². The summed E-state index contributed by atoms with van der Waals surface area (Å²) in [4.78, 5) is 33.1. The number of amides is 1. The van der Waals surface area contributed by atoms with E-state index in [1.165, 1.54) is 0 Å². The number of Topliss-reactive ketones (excluding diaryl/α,β-unsaturated/α-hetero) is 1. The van der Waals surface area contributed by atoms with Crippen LogP contribution in [0.1, 0.15) is 16.1 Å². The lowest BCUT2D eigenvalue weighted by Gasteiger charge is -2.06. The molecule has 0 bridgehead atoms. The second kappa shape index (κ2) is 6.93. The standard InChI is InChI=1S/C22H18N4O2S/c1-13-19(16-4-2-3-5-17(16)23-13)20(27)21(28)24-15-8-6-14(7-9-15)18-12-26-10-11-29-22(26)25-18/h2-9,12,23H,10-11H2,1H3,(H,24,28). The predicted octanol–water partition coefficient (Wildman–Crippen LogP) is 4.27. The third-order valence-corrected chi connectivity index (χ3v) is 6.04. The third kappa shape index (κ3) is 3.13. The maximum absolute atomic E-state index is 12.8. The van der Waals surface area contributed by atoms with Gasteiger partial charge in [0, 0.05) is 46.3 Å². The van der Waals surface area contributed by atoms with Crippen LogP contribution >= 0.6 is 11.8 Å². The van der Waals surface area contributed by atoms with Crippen molar-refractivity contribution in [3.8, 4) is 11.3 Å². The van der Waals surface area contributed by atoms with Gasteiger partial charge in [0.05, 0.1) is 11.3 Å². The van der Waals surface area contributed by atoms with Crippen molar-refractivity contribution in [1.29, 1.82) is 0 Å². The molecule has 0 unspecified atom stereocenters. The number of hydrogen-bond donors (Lipinski definition) is 2. The molecule has 0 spiro atoms. The first-order valence-electron chi connectivity index (χ1n) is 9.33. The number of thioether (sulfide) groups is 1. The number of carbonyl (C=O) groups is 2. The molecule has 1 aliphatic heterocycles. The molecule has 2 N–H and O–H groups in total. The van der Waals surface area contributed by atoms with Crippen LogP contribution in [0.5, 0.6) is 0 Å². The Bertz CT molecular complexity index is 1230. The number of aromatic nitrogens is 3. The summed E-state index contributed by atoms with van der Waals surface area (Å²) in [5.41, 5.74) is 4.41. The number of rotatable bonds is 4. The number of hydrogen-bond acceptors (Lipinski definition) is 4. The molecule has 0 aliphatic carbocycles. The Hall–Kier alpha value is -3.32. The number of fused-ring (bicyclic) bond motifs is 2. The number of H-pyrrole nitrogens is 1. The summed E-state index contributed by atoms with van der Waals surface area (Å²) in [6.07, 6.45) is 2.05. The molecule has 1 amide bonds. The molecule has 0 saturated heterocycles. The van der Waals surface area contributed by atoms with Crippen molar-refractivity contribution in [3.63, 3.8) is 0 Å². The maximum Gasteiger partial charge on any atom is 0.296 e. The van der Waals surface area contributed by atoms with Gasteiger partial charge in [0.25, 0.3) is 11.7 Å². The molecule has 7 heteroatoms. The second-order valence-corrected chi connectivity index (χ2v) is 8.04. The van der Waals surface area contributed by atoms with E-state index in [1.54, 1.807) is 30.8 Å². The highest BCUT2D eigenvalue weighted by Gasteiger charge is 2.23. The highest BCUT2D eigenvalue weighted by atomic mass is 32.2. The third-order valence-electron chi connectivity index (χ3n) is 5.07. The van der Waals surface area contributed by atoms with Gasteiger partial charge in [-0.2, -0.15) is 0 Å². The lowest BCUT2D eigenvalue weighted by Crippen LogP contribution is -2.23. The van der Waals surface area contributed by atoms with Crippen LogP contribution in [0.2, 0.25) is 0 Å². The minimum atomic E-state index is -0.650. The molecular formula is C22H18N4O2S. The minimum absolute atomic E-state index is 0.416. The lowest BCUT2D eigenvalue weighted by atomic mass is 10.1. The van der Waals surface area contributed by atoms with Crippen LogP contribution in [0.15, 0.2) is 59.9 Å². The molecule has 5 rings (SSSR count). The second-order valence-electron chi connectivity index (χ2n) is 6.98. The maximum atomic E-state index is 12.8. The molecule has 2 aromatic carbocycles. The summed E-state index contributed by atoms with van der Waals surface area (Å²) < 4.78 is 2.15. The van der Waals surface area contributed by atoms with E-state index in [2.05, 4.69) is 19.9 Å². The zero-order chi connectivity index (χ0) is 20.0. The van der Waals surface area contributed by atoms with Gasteiger partial charge in [-0.3, -0.25) is 9.59 Å². The first-order valence-corrected chi connectivity index (χ1v) is 10.3. The van der Waals surface area contributed by atoms with E-state index in [1.807, 2.05) is 42.6 Å². The monoisotopic (exact) mass is 402 g/mol. The molecule has 1 aliphatic rings. The number of aromatic amines is 1. The Morgan fingerprint density at radius 2 is 1.93 bits per heavy atom. The van der Waals surface area contributed by atoms with Crippen molar-refractivity contribution in [2.24, 2.45) is 0 Å². The van der Waals surface area contributed by atoms with E-state index < -0.39 is 11.7 Å². The van der Waals surface area contributed by atoms with E-state index >= 15 is 0 Å². The van der Waals surface area contributed by atoms with Crippen LogP contribution in [-0.4, -0.2) is 32.0 Å². The Morgan fingerprint density at radius 3 is 2.72 bits per heavy atom. The van der Waals surface area contributed by atoms with Crippen molar-refractivity contribution in [3.05, 3.63) is 66.0 Å². The number of nitrogens with zero attached hydrogens (tertiary/aromatic N) is 2. The number of para-hydroxylation sites is 1. The Kier molecular flexibility index (Phi) is 4.24. The van der Waals surface area contributed by atoms with E-state index in [0.29, 0.717) is 16.9 Å². The molecule has 3 heterocycles. The highest BCUT2D eigenvalue weighted by molar-refractivity contribution is 7.99. The van der Waals surface area contributed by atoms with Gasteiger partial charge in [0.2, 0.25) is 0 Å². The normalized spacial score (nSPS) is 12.9. The summed E-state index contributed by atoms with van der Waals surface area (Å²) in [5, 5.41) is 4.50. The van der Waals surface area contributed by atoms with Crippen LogP contribution in [0.4, 0.5) is 5.69 Å². The summed E-state index contributed by atoms with van der Waals surface area (Å²) >= 11 is 1.75. The lowest BCUT2D eigenvalue weighted by molar-refractivity contribution is -0.112. The molecule has 0 saturated carbocycles. The van der Waals surface area contributed by atoms with Gasteiger partial charge >= 0.3 is 0 Å². The van der Waals surface area contributed by atoms with Gasteiger partial charge in [-0.15, -0.1) is 0 Å². The Balaban J connectivity index is 1.35. The van der Waals surface area contributed by atoms with E-state index in [4.69, 9.17) is 0 Å². The van der Waals surface area contributed by atoms with Gasteiger partial charge in [-0.05, 0) is 25.1 Å². The van der Waals surface area contributed by atoms with Crippen molar-refractivity contribution >= 4 is 40.0 Å². The van der Waals surface area contributed by atoms with Gasteiger partial charge in [-0.1, -0.05) is 42.1 Å². The van der Waals surface area contributed by atoms with Crippen LogP contribution < -0.4 is 5.32 Å². The number of nitrogens with one attached hydrogen (secondary N) is 2. The van der Waals surface area contributed by atoms with Crippen molar-refractivity contribution in [2.75, 3.05) is 11.1 Å². The molecule has 4 aromatic rings. The predicted molar refractivity (Wildman–Crippen MR) is 114 cm³/mol. The van der Waals surface area contributed by atoms with E-state index in [0.717, 1.165) is 39.6 Å². The Morgan fingerprint density at radius 1 is 1.14 bits per heavy atom. The average molecular weight is 402 g/mol. The molecule has 29 heavy (non-hydrogen) atoms. The van der Waals surface area contributed by atoms with Gasteiger partial charge in [-0.25, -0.2) is 4.98 Å². The van der Waals surface area contributed by atoms with Gasteiger partial charge in [0.15, 0.2) is 5.16 Å². The number of anilines is 1. The van der Waals surface area contributed by atoms with Gasteiger partial charge in [0.1, 0.15) is 0 Å². The number of imidazole rings is 1. The molecule has 144 valence electrons. The number of aryl methyl sites for hydroxylation is 2. The molecule has 0 atom stereocenters. The highest BCUT2D eigenvalue weighted by Crippen LogP contribution is 2.29. The fourth-order valence-electron chi connectivity index (χ4n) is 3.64. The molecule has 2 aromatic heterocycles. The average Bonchev–Trinajstić information content (AvgIpc) is 3.40. The van der Waals surface area contributed by atoms with Crippen LogP contribution in [0, 0.1) is 6.92 Å². The largest absolute Gasteiger partial charge is 0.358 e. The smallest absolute Gasteiger partial charge is 0.296 e. The fourth-order valence-corrected chi connectivity index (χ4v) is 4.59. The summed E-state index contributed by atoms with van der Waals surface area (Å²) in [5.74, 6) is -0.133.